The van der Waals surface area contributed by atoms with E-state index in [0.29, 0.717) is 59.7 Å². The largest absolute Gasteiger partial charge is 0.489 e. The lowest BCUT2D eigenvalue weighted by molar-refractivity contribution is 0.101. The molecule has 346 valence electrons. The van der Waals surface area contributed by atoms with Gasteiger partial charge in [0.05, 0.1) is 60.3 Å². The number of anilines is 4. The first kappa shape index (κ1) is 43.7. The number of nitrogens with zero attached hydrogens (tertiary/aromatic N) is 10. The van der Waals surface area contributed by atoms with Crippen molar-refractivity contribution < 1.29 is 23.8 Å². The number of benzene rings is 3. The molecule has 19 heteroatoms. The molecule has 7 aromatic rings. The number of carbonyl (C=O) groups is 2. The van der Waals surface area contributed by atoms with E-state index in [9.17, 15) is 9.59 Å². The molecule has 19 nitrogen and oxygen atoms in total. The standard InChI is InChI=1S/C48H54N14O5/c1-49-35-9-11-60(27-35)45-22-50-42(20-52-45)48(64)56-40-16-32-25-59(2)57-37(32)18-44(40)67-29-31-6-4-5-30(15-31)24-62-26-33-17-39(43(19-38(33)58-62)66-14-13-65-3)55-47(63)41-21-53-46(23-51-41)61-12-10-36(28-61)54-34-7-8-34/h4-6,15-23,25-26,34-36,49,54H,7-14,24,27-29H2,1-3H3,(H,55,63)(H,56,64)/t35-,36-/m1/s1. The summed E-state index contributed by atoms with van der Waals surface area (Å²) in [6.07, 6.45) is 14.8. The van der Waals surface area contributed by atoms with E-state index in [0.717, 1.165) is 78.1 Å². The topological polar surface area (TPSA) is 204 Å². The van der Waals surface area contributed by atoms with Gasteiger partial charge in [-0.05, 0) is 56.0 Å². The Labute approximate surface area is 387 Å². The van der Waals surface area contributed by atoms with Crippen LogP contribution in [0.15, 0.2) is 85.7 Å². The van der Waals surface area contributed by atoms with Gasteiger partial charge in [0.25, 0.3) is 11.8 Å². The van der Waals surface area contributed by atoms with Gasteiger partial charge in [-0.25, -0.2) is 19.9 Å². The monoisotopic (exact) mass is 906 g/mol. The van der Waals surface area contributed by atoms with Crippen LogP contribution in [0.2, 0.25) is 0 Å². The van der Waals surface area contributed by atoms with Crippen LogP contribution in [-0.2, 0) is 24.9 Å². The molecule has 6 heterocycles. The molecule has 2 aliphatic heterocycles. The zero-order valence-electron chi connectivity index (χ0n) is 37.8. The van der Waals surface area contributed by atoms with Gasteiger partial charge in [0.15, 0.2) is 0 Å². The van der Waals surface area contributed by atoms with Crippen LogP contribution in [0.4, 0.5) is 23.0 Å². The van der Waals surface area contributed by atoms with Crippen molar-refractivity contribution in [2.75, 3.05) is 74.0 Å². The summed E-state index contributed by atoms with van der Waals surface area (Å²) in [7, 11) is 5.42. The molecule has 0 bridgehead atoms. The van der Waals surface area contributed by atoms with Crippen molar-refractivity contribution in [1.29, 1.82) is 0 Å². The molecule has 1 aliphatic carbocycles. The van der Waals surface area contributed by atoms with Crippen LogP contribution in [0.3, 0.4) is 0 Å². The first-order valence-corrected chi connectivity index (χ1v) is 22.7. The zero-order valence-corrected chi connectivity index (χ0v) is 37.8. The number of methoxy groups -OCH3 is 1. The average Bonchev–Trinajstić information content (AvgIpc) is 3.66. The predicted octanol–water partition coefficient (Wildman–Crippen LogP) is 4.79. The summed E-state index contributed by atoms with van der Waals surface area (Å²) in [6.45, 7) is 4.84. The molecule has 4 aromatic heterocycles. The fourth-order valence-electron chi connectivity index (χ4n) is 8.66. The van der Waals surface area contributed by atoms with Crippen molar-refractivity contribution in [3.63, 3.8) is 0 Å². The fraction of sp³-hybridized carbons (Fsp3) is 0.375. The maximum atomic E-state index is 13.5. The quantitative estimate of drug-likeness (QED) is 0.0856. The van der Waals surface area contributed by atoms with E-state index in [1.807, 2.05) is 73.6 Å². The molecule has 3 aliphatic rings. The van der Waals surface area contributed by atoms with Crippen molar-refractivity contribution in [3.8, 4) is 11.5 Å². The van der Waals surface area contributed by atoms with Gasteiger partial charge in [-0.15, -0.1) is 0 Å². The van der Waals surface area contributed by atoms with Crippen molar-refractivity contribution in [3.05, 3.63) is 108 Å². The summed E-state index contributed by atoms with van der Waals surface area (Å²) >= 11 is 0. The van der Waals surface area contributed by atoms with Crippen molar-refractivity contribution in [1.82, 2.24) is 50.1 Å². The number of aromatic nitrogens is 8. The summed E-state index contributed by atoms with van der Waals surface area (Å²) < 4.78 is 21.3. The molecule has 2 saturated heterocycles. The highest BCUT2D eigenvalue weighted by atomic mass is 16.5. The molecule has 2 atom stereocenters. The molecule has 67 heavy (non-hydrogen) atoms. The van der Waals surface area contributed by atoms with Gasteiger partial charge in [-0.3, -0.25) is 19.0 Å². The zero-order chi connectivity index (χ0) is 45.9. The molecule has 0 radical (unpaired) electrons. The number of ether oxygens (including phenoxy) is 3. The van der Waals surface area contributed by atoms with Crippen LogP contribution in [0, 0.1) is 0 Å². The summed E-state index contributed by atoms with van der Waals surface area (Å²) in [5.41, 5.74) is 4.72. The second kappa shape index (κ2) is 19.3. The van der Waals surface area contributed by atoms with E-state index in [1.165, 1.54) is 25.2 Å². The molecule has 0 spiro atoms. The minimum Gasteiger partial charge on any atom is -0.489 e. The van der Waals surface area contributed by atoms with Gasteiger partial charge in [-0.1, -0.05) is 24.3 Å². The molecular weight excluding hydrogens is 853 g/mol. The number of nitrogens with one attached hydrogen (secondary N) is 4. The number of amides is 2. The summed E-state index contributed by atoms with van der Waals surface area (Å²) in [4.78, 5) is 49.5. The van der Waals surface area contributed by atoms with E-state index in [2.05, 4.69) is 62.2 Å². The Kier molecular flexibility index (Phi) is 12.6. The SMILES string of the molecule is CN[C@@H]1CCN(c2cnc(C(=O)Nc3cc4cn(C)nc4cc3OCc3cccc(Cn4cc5cc(NC(=O)c6cnc(N7CC[C@@H](NC8CC8)C7)cn6)c(OCCOC)cc5n4)c3)cn2)C1. The molecular formula is C48H54N14O5. The third-order valence-corrected chi connectivity index (χ3v) is 12.4. The Morgan fingerprint density at radius 3 is 1.94 bits per heavy atom. The number of fused-ring (bicyclic) bond motifs is 2. The summed E-state index contributed by atoms with van der Waals surface area (Å²) in [6, 6.07) is 16.9. The third-order valence-electron chi connectivity index (χ3n) is 12.4. The second-order valence-corrected chi connectivity index (χ2v) is 17.4. The minimum absolute atomic E-state index is 0.198. The Bertz CT molecular complexity index is 2880. The lowest BCUT2D eigenvalue weighted by Gasteiger charge is -2.17. The molecule has 4 N–H and O–H groups in total. The number of aryl methyl sites for hydroxylation is 1. The van der Waals surface area contributed by atoms with Gasteiger partial charge in [0.2, 0.25) is 0 Å². The number of hydrogen-bond acceptors (Lipinski definition) is 15. The summed E-state index contributed by atoms with van der Waals surface area (Å²) in [5, 5.41) is 24.1. The lowest BCUT2D eigenvalue weighted by Crippen LogP contribution is -2.34. The van der Waals surface area contributed by atoms with E-state index < -0.39 is 11.8 Å². The Morgan fingerprint density at radius 2 is 1.31 bits per heavy atom. The molecule has 1 saturated carbocycles. The van der Waals surface area contributed by atoms with Gasteiger partial charge in [0, 0.05) is 93.8 Å². The van der Waals surface area contributed by atoms with Crippen molar-refractivity contribution in [2.24, 2.45) is 7.05 Å². The van der Waals surface area contributed by atoms with Gasteiger partial charge < -0.3 is 45.3 Å². The van der Waals surface area contributed by atoms with Crippen molar-refractivity contribution >= 4 is 56.6 Å². The van der Waals surface area contributed by atoms with Crippen LogP contribution in [0.5, 0.6) is 11.5 Å². The summed E-state index contributed by atoms with van der Waals surface area (Å²) in [5.74, 6) is 1.64. The predicted molar refractivity (Wildman–Crippen MR) is 254 cm³/mol. The Morgan fingerprint density at radius 1 is 0.687 bits per heavy atom. The van der Waals surface area contributed by atoms with E-state index >= 15 is 0 Å². The van der Waals surface area contributed by atoms with Gasteiger partial charge in [-0.2, -0.15) is 10.2 Å². The van der Waals surface area contributed by atoms with Gasteiger partial charge >= 0.3 is 0 Å². The van der Waals surface area contributed by atoms with E-state index in [1.54, 1.807) is 24.2 Å². The molecule has 3 fully saturated rings. The van der Waals surface area contributed by atoms with Crippen LogP contribution in [0.25, 0.3) is 21.8 Å². The molecule has 3 aromatic carbocycles. The Hall–Kier alpha value is -7.22. The van der Waals surface area contributed by atoms with E-state index in [-0.39, 0.29) is 24.6 Å². The molecule has 10 rings (SSSR count). The van der Waals surface area contributed by atoms with Gasteiger partial charge in [0.1, 0.15) is 47.7 Å². The van der Waals surface area contributed by atoms with Crippen LogP contribution in [-0.4, -0.2) is 123 Å². The smallest absolute Gasteiger partial charge is 0.275 e. The highest BCUT2D eigenvalue weighted by Crippen LogP contribution is 2.33. The molecule has 2 amide bonds. The highest BCUT2D eigenvalue weighted by molar-refractivity contribution is 6.05. The minimum atomic E-state index is -0.398. The first-order chi connectivity index (χ1) is 32.7. The maximum Gasteiger partial charge on any atom is 0.275 e. The number of carbonyl (C=O) groups excluding carboxylic acids is 2. The first-order valence-electron chi connectivity index (χ1n) is 22.7. The lowest BCUT2D eigenvalue weighted by atomic mass is 10.1. The van der Waals surface area contributed by atoms with Crippen LogP contribution in [0.1, 0.15) is 57.8 Å². The second-order valence-electron chi connectivity index (χ2n) is 17.4. The highest BCUT2D eigenvalue weighted by Gasteiger charge is 2.30. The maximum absolute atomic E-state index is 13.5. The van der Waals surface area contributed by atoms with Crippen LogP contribution >= 0.6 is 0 Å². The van der Waals surface area contributed by atoms with Crippen LogP contribution < -0.4 is 40.5 Å². The Balaban J connectivity index is 0.808. The number of likely N-dealkylation sites (N-methyl/N-ethyl adjacent to an activating group) is 1. The van der Waals surface area contributed by atoms with E-state index in [4.69, 9.17) is 19.3 Å². The third kappa shape index (κ3) is 10.3. The molecule has 0 unspecified atom stereocenters. The fourth-order valence-corrected chi connectivity index (χ4v) is 8.66. The van der Waals surface area contributed by atoms with Crippen molar-refractivity contribution in [2.45, 2.75) is 57.0 Å². The number of hydrogen-bond donors (Lipinski definition) is 4. The number of rotatable bonds is 18. The average molecular weight is 907 g/mol. The normalized spacial score (nSPS) is 17.1.